The standard InChI is InChI=1S/C21H27N5O2/c1-4-17(20(27)25-12-10-24(5-2)11-13-25)26-18-9-7-6-8-15(18)16-14-22-23(3)21(28)19(16)26/h6-9,14,17H,4-5,10-13H2,1-3H3. The third kappa shape index (κ3) is 2.90. The minimum Gasteiger partial charge on any atom is -0.338 e. The molecular weight excluding hydrogens is 354 g/mol. The van der Waals surface area contributed by atoms with E-state index >= 15 is 0 Å². The molecule has 1 aromatic carbocycles. The number of carbonyl (C=O) groups is 1. The van der Waals surface area contributed by atoms with Crippen LogP contribution in [0.1, 0.15) is 26.3 Å². The van der Waals surface area contributed by atoms with E-state index < -0.39 is 6.04 Å². The van der Waals surface area contributed by atoms with Crippen molar-refractivity contribution in [2.24, 2.45) is 7.05 Å². The van der Waals surface area contributed by atoms with Crippen LogP contribution in [0.4, 0.5) is 0 Å². The number of aromatic nitrogens is 3. The van der Waals surface area contributed by atoms with Crippen LogP contribution >= 0.6 is 0 Å². The Bertz CT molecular complexity index is 1080. The second-order valence-electron chi connectivity index (χ2n) is 7.41. The molecule has 0 aliphatic carbocycles. The maximum absolute atomic E-state index is 13.5. The summed E-state index contributed by atoms with van der Waals surface area (Å²) in [4.78, 5) is 30.7. The van der Waals surface area contributed by atoms with Crippen molar-refractivity contribution >= 4 is 27.7 Å². The predicted molar refractivity (Wildman–Crippen MR) is 111 cm³/mol. The van der Waals surface area contributed by atoms with Gasteiger partial charge in [0.1, 0.15) is 11.6 Å². The number of amides is 1. The molecule has 2 aromatic heterocycles. The van der Waals surface area contributed by atoms with Gasteiger partial charge in [0, 0.05) is 44.0 Å². The number of fused-ring (bicyclic) bond motifs is 3. The van der Waals surface area contributed by atoms with E-state index in [1.165, 1.54) is 4.68 Å². The number of piperazine rings is 1. The van der Waals surface area contributed by atoms with Gasteiger partial charge in [-0.2, -0.15) is 5.10 Å². The second-order valence-corrected chi connectivity index (χ2v) is 7.41. The van der Waals surface area contributed by atoms with Gasteiger partial charge in [0.15, 0.2) is 0 Å². The van der Waals surface area contributed by atoms with Crippen LogP contribution in [0.2, 0.25) is 0 Å². The summed E-state index contributed by atoms with van der Waals surface area (Å²) in [6.07, 6.45) is 2.36. The van der Waals surface area contributed by atoms with Gasteiger partial charge >= 0.3 is 0 Å². The minimum atomic E-state index is -0.398. The second kappa shape index (κ2) is 7.39. The van der Waals surface area contributed by atoms with Crippen molar-refractivity contribution in [1.29, 1.82) is 0 Å². The van der Waals surface area contributed by atoms with E-state index in [2.05, 4.69) is 16.9 Å². The molecule has 1 unspecified atom stereocenters. The summed E-state index contributed by atoms with van der Waals surface area (Å²) in [6, 6.07) is 7.49. The molecule has 0 N–H and O–H groups in total. The number of hydrogen-bond donors (Lipinski definition) is 0. The highest BCUT2D eigenvalue weighted by Crippen LogP contribution is 2.31. The molecule has 7 nitrogen and oxygen atoms in total. The van der Waals surface area contributed by atoms with E-state index in [0.717, 1.165) is 49.0 Å². The molecule has 1 amide bonds. The van der Waals surface area contributed by atoms with Gasteiger partial charge < -0.3 is 14.4 Å². The van der Waals surface area contributed by atoms with Crippen molar-refractivity contribution in [2.45, 2.75) is 26.3 Å². The first kappa shape index (κ1) is 18.7. The lowest BCUT2D eigenvalue weighted by molar-refractivity contribution is -0.136. The molecule has 1 saturated heterocycles. The van der Waals surface area contributed by atoms with Gasteiger partial charge in [-0.05, 0) is 19.0 Å². The van der Waals surface area contributed by atoms with Crippen molar-refractivity contribution in [3.05, 3.63) is 40.8 Å². The fourth-order valence-electron chi connectivity index (χ4n) is 4.27. The van der Waals surface area contributed by atoms with Crippen LogP contribution in [-0.2, 0) is 11.8 Å². The lowest BCUT2D eigenvalue weighted by Gasteiger charge is -2.36. The number of hydrogen-bond acceptors (Lipinski definition) is 4. The van der Waals surface area contributed by atoms with Crippen LogP contribution < -0.4 is 5.56 Å². The van der Waals surface area contributed by atoms with Gasteiger partial charge in [0.2, 0.25) is 5.91 Å². The molecule has 3 heterocycles. The Labute approximate surface area is 164 Å². The highest BCUT2D eigenvalue weighted by atomic mass is 16.2. The fraction of sp³-hybridized carbons (Fsp3) is 0.476. The zero-order valence-corrected chi connectivity index (χ0v) is 16.8. The summed E-state index contributed by atoms with van der Waals surface area (Å²) in [5.41, 5.74) is 1.30. The van der Waals surface area contributed by atoms with E-state index in [-0.39, 0.29) is 11.5 Å². The minimum absolute atomic E-state index is 0.0970. The smallest absolute Gasteiger partial charge is 0.291 e. The van der Waals surface area contributed by atoms with Crippen LogP contribution in [0.25, 0.3) is 21.8 Å². The van der Waals surface area contributed by atoms with E-state index in [4.69, 9.17) is 0 Å². The Morgan fingerprint density at radius 2 is 1.82 bits per heavy atom. The van der Waals surface area contributed by atoms with Crippen LogP contribution in [0.3, 0.4) is 0 Å². The number of benzene rings is 1. The van der Waals surface area contributed by atoms with Crippen molar-refractivity contribution in [1.82, 2.24) is 24.1 Å². The Hall–Kier alpha value is -2.67. The summed E-state index contributed by atoms with van der Waals surface area (Å²) < 4.78 is 3.29. The molecule has 0 saturated carbocycles. The maximum Gasteiger partial charge on any atom is 0.291 e. The fourth-order valence-corrected chi connectivity index (χ4v) is 4.27. The largest absolute Gasteiger partial charge is 0.338 e. The van der Waals surface area contributed by atoms with Crippen molar-refractivity contribution in [3.63, 3.8) is 0 Å². The molecule has 28 heavy (non-hydrogen) atoms. The molecule has 1 aliphatic heterocycles. The third-order valence-corrected chi connectivity index (χ3v) is 5.92. The Morgan fingerprint density at radius 3 is 2.50 bits per heavy atom. The van der Waals surface area contributed by atoms with E-state index in [0.29, 0.717) is 11.9 Å². The number of aryl methyl sites for hydroxylation is 1. The van der Waals surface area contributed by atoms with Crippen LogP contribution in [-0.4, -0.2) is 62.8 Å². The molecule has 4 rings (SSSR count). The Kier molecular flexibility index (Phi) is 4.93. The first-order chi connectivity index (χ1) is 13.6. The average molecular weight is 381 g/mol. The lowest BCUT2D eigenvalue weighted by atomic mass is 10.1. The van der Waals surface area contributed by atoms with E-state index in [9.17, 15) is 9.59 Å². The van der Waals surface area contributed by atoms with Gasteiger partial charge in [-0.3, -0.25) is 9.59 Å². The summed E-state index contributed by atoms with van der Waals surface area (Å²) in [7, 11) is 1.65. The topological polar surface area (TPSA) is 63.4 Å². The Balaban J connectivity index is 1.85. The summed E-state index contributed by atoms with van der Waals surface area (Å²) in [5.74, 6) is 0.0970. The number of rotatable bonds is 4. The highest BCUT2D eigenvalue weighted by Gasteiger charge is 2.30. The molecule has 7 heteroatoms. The summed E-state index contributed by atoms with van der Waals surface area (Å²) in [5, 5.41) is 5.97. The van der Waals surface area contributed by atoms with E-state index in [1.807, 2.05) is 40.7 Å². The van der Waals surface area contributed by atoms with Crippen LogP contribution in [0.15, 0.2) is 35.3 Å². The molecule has 1 aliphatic rings. The molecule has 0 spiro atoms. The van der Waals surface area contributed by atoms with E-state index in [1.54, 1.807) is 13.2 Å². The van der Waals surface area contributed by atoms with Crippen LogP contribution in [0.5, 0.6) is 0 Å². The van der Waals surface area contributed by atoms with Gasteiger partial charge in [0.05, 0.1) is 11.7 Å². The quantitative estimate of drug-likeness (QED) is 0.694. The van der Waals surface area contributed by atoms with Crippen molar-refractivity contribution in [2.75, 3.05) is 32.7 Å². The molecule has 1 fully saturated rings. The van der Waals surface area contributed by atoms with Gasteiger partial charge in [-0.25, -0.2) is 4.68 Å². The molecule has 1 atom stereocenters. The number of nitrogens with zero attached hydrogens (tertiary/aromatic N) is 5. The normalized spacial score (nSPS) is 16.8. The number of carbonyl (C=O) groups excluding carboxylic acids is 1. The van der Waals surface area contributed by atoms with Crippen LogP contribution in [0, 0.1) is 0 Å². The first-order valence-corrected chi connectivity index (χ1v) is 10.0. The average Bonchev–Trinajstić information content (AvgIpc) is 3.06. The van der Waals surface area contributed by atoms with Gasteiger partial charge in [-0.15, -0.1) is 0 Å². The zero-order valence-electron chi connectivity index (χ0n) is 16.8. The highest BCUT2D eigenvalue weighted by molar-refractivity contribution is 6.08. The third-order valence-electron chi connectivity index (χ3n) is 5.92. The Morgan fingerprint density at radius 1 is 1.11 bits per heavy atom. The summed E-state index contributed by atoms with van der Waals surface area (Å²) in [6.45, 7) is 8.44. The number of likely N-dealkylation sites (N-methyl/N-ethyl adjacent to an activating group) is 1. The summed E-state index contributed by atoms with van der Waals surface area (Å²) >= 11 is 0. The molecule has 0 radical (unpaired) electrons. The first-order valence-electron chi connectivity index (χ1n) is 10.0. The monoisotopic (exact) mass is 381 g/mol. The molecule has 148 valence electrons. The predicted octanol–water partition coefficient (Wildman–Crippen LogP) is 2.00. The number of para-hydroxylation sites is 1. The van der Waals surface area contributed by atoms with Crippen molar-refractivity contribution < 1.29 is 4.79 Å². The SMILES string of the molecule is CCC(C(=O)N1CCN(CC)CC1)n1c2ccccc2c2cnn(C)c(=O)c21. The van der Waals surface area contributed by atoms with Crippen molar-refractivity contribution in [3.8, 4) is 0 Å². The lowest BCUT2D eigenvalue weighted by Crippen LogP contribution is -2.50. The zero-order chi connectivity index (χ0) is 19.8. The molecular formula is C21H27N5O2. The molecule has 3 aromatic rings. The molecule has 0 bridgehead atoms. The maximum atomic E-state index is 13.5. The van der Waals surface area contributed by atoms with Gasteiger partial charge in [-0.1, -0.05) is 32.0 Å². The van der Waals surface area contributed by atoms with Gasteiger partial charge in [0.25, 0.3) is 5.56 Å².